The lowest BCUT2D eigenvalue weighted by Crippen LogP contribution is -2.31. The van der Waals surface area contributed by atoms with E-state index in [0.717, 1.165) is 5.56 Å². The second-order valence-corrected chi connectivity index (χ2v) is 8.73. The maximum atomic E-state index is 13.0. The predicted molar refractivity (Wildman–Crippen MR) is 120 cm³/mol. The van der Waals surface area contributed by atoms with Crippen molar-refractivity contribution in [3.8, 4) is 0 Å². The van der Waals surface area contributed by atoms with Gasteiger partial charge in [0.2, 0.25) is 0 Å². The minimum atomic E-state index is -3.75. The first-order chi connectivity index (χ1) is 14.4. The molecule has 0 aliphatic rings. The number of hydrogen-bond acceptors (Lipinski definition) is 3. The van der Waals surface area contributed by atoms with Crippen LogP contribution in [-0.4, -0.2) is 20.9 Å². The van der Waals surface area contributed by atoms with Crippen LogP contribution in [0.15, 0.2) is 96.4 Å². The van der Waals surface area contributed by atoms with Crippen LogP contribution in [0.4, 0.5) is 5.69 Å². The van der Waals surface area contributed by atoms with E-state index in [0.29, 0.717) is 22.8 Å². The number of amides is 1. The summed E-state index contributed by atoms with van der Waals surface area (Å²) < 4.78 is 27.3. The van der Waals surface area contributed by atoms with Gasteiger partial charge in [-0.1, -0.05) is 54.1 Å². The van der Waals surface area contributed by atoms with Crippen LogP contribution in [-0.2, 0) is 16.6 Å². The third kappa shape index (κ3) is 4.90. The molecule has 0 atom stereocenters. The van der Waals surface area contributed by atoms with Crippen LogP contribution in [0, 0.1) is 0 Å². The van der Waals surface area contributed by atoms with E-state index in [1.165, 1.54) is 10.4 Å². The van der Waals surface area contributed by atoms with E-state index in [-0.39, 0.29) is 17.3 Å². The standard InChI is InChI=1S/C23H21ClN2O3S/c1-2-16-26(30(28,29)21-9-4-3-5-10-21)20-14-12-18(13-15-20)23(27)25-17-19-8-6-7-11-22(19)24/h2-15H,1,16-17H2,(H,25,27). The molecule has 0 aromatic heterocycles. The van der Waals surface area contributed by atoms with Crippen LogP contribution in [0.25, 0.3) is 0 Å². The molecule has 1 N–H and O–H groups in total. The first-order valence-corrected chi connectivity index (χ1v) is 11.1. The molecule has 0 bridgehead atoms. The molecule has 0 heterocycles. The highest BCUT2D eigenvalue weighted by atomic mass is 35.5. The summed E-state index contributed by atoms with van der Waals surface area (Å²) in [6.45, 7) is 4.06. The molecule has 0 radical (unpaired) electrons. The fourth-order valence-electron chi connectivity index (χ4n) is 2.88. The van der Waals surface area contributed by atoms with Gasteiger partial charge in [-0.25, -0.2) is 8.42 Å². The Morgan fingerprint density at radius 2 is 1.60 bits per heavy atom. The number of halogens is 1. The molecule has 3 aromatic rings. The normalized spacial score (nSPS) is 11.0. The van der Waals surface area contributed by atoms with Gasteiger partial charge in [0.1, 0.15) is 0 Å². The molecule has 0 fully saturated rings. The van der Waals surface area contributed by atoms with Gasteiger partial charge in [0.15, 0.2) is 0 Å². The van der Waals surface area contributed by atoms with Crippen LogP contribution >= 0.6 is 11.6 Å². The molecule has 0 spiro atoms. The number of anilines is 1. The largest absolute Gasteiger partial charge is 0.348 e. The highest BCUT2D eigenvalue weighted by Gasteiger charge is 2.23. The quantitative estimate of drug-likeness (QED) is 0.518. The molecule has 30 heavy (non-hydrogen) atoms. The van der Waals surface area contributed by atoms with Crippen molar-refractivity contribution in [1.29, 1.82) is 0 Å². The van der Waals surface area contributed by atoms with Crippen molar-refractivity contribution in [2.75, 3.05) is 10.8 Å². The van der Waals surface area contributed by atoms with Crippen molar-refractivity contribution in [2.45, 2.75) is 11.4 Å². The monoisotopic (exact) mass is 440 g/mol. The molecule has 0 aliphatic carbocycles. The fourth-order valence-corrected chi connectivity index (χ4v) is 4.54. The number of carbonyl (C=O) groups excluding carboxylic acids is 1. The van der Waals surface area contributed by atoms with Crippen molar-refractivity contribution < 1.29 is 13.2 Å². The number of benzene rings is 3. The first-order valence-electron chi connectivity index (χ1n) is 9.24. The van der Waals surface area contributed by atoms with Crippen molar-refractivity contribution in [2.24, 2.45) is 0 Å². The Kier molecular flexibility index (Phi) is 6.92. The van der Waals surface area contributed by atoms with Gasteiger partial charge in [0.25, 0.3) is 15.9 Å². The number of carbonyl (C=O) groups is 1. The SMILES string of the molecule is C=CCN(c1ccc(C(=O)NCc2ccccc2Cl)cc1)S(=O)(=O)c1ccccc1. The van der Waals surface area contributed by atoms with Gasteiger partial charge < -0.3 is 5.32 Å². The topological polar surface area (TPSA) is 66.5 Å². The lowest BCUT2D eigenvalue weighted by molar-refractivity contribution is 0.0951. The van der Waals surface area contributed by atoms with E-state index in [4.69, 9.17) is 11.6 Å². The number of nitrogens with one attached hydrogen (secondary N) is 1. The van der Waals surface area contributed by atoms with E-state index in [1.54, 1.807) is 60.7 Å². The van der Waals surface area contributed by atoms with Crippen LogP contribution in [0.3, 0.4) is 0 Å². The smallest absolute Gasteiger partial charge is 0.264 e. The maximum absolute atomic E-state index is 13.0. The van der Waals surface area contributed by atoms with Crippen LogP contribution in [0.1, 0.15) is 15.9 Å². The lowest BCUT2D eigenvalue weighted by atomic mass is 10.1. The van der Waals surface area contributed by atoms with Crippen LogP contribution in [0.2, 0.25) is 5.02 Å². The second-order valence-electron chi connectivity index (χ2n) is 6.46. The summed E-state index contributed by atoms with van der Waals surface area (Å²) in [5.41, 5.74) is 1.68. The van der Waals surface area contributed by atoms with E-state index in [1.807, 2.05) is 18.2 Å². The molecule has 7 heteroatoms. The lowest BCUT2D eigenvalue weighted by Gasteiger charge is -2.23. The van der Waals surface area contributed by atoms with Gasteiger partial charge in [-0.3, -0.25) is 9.10 Å². The number of rotatable bonds is 8. The molecule has 0 saturated heterocycles. The maximum Gasteiger partial charge on any atom is 0.264 e. The van der Waals surface area contributed by atoms with Crippen molar-refractivity contribution >= 4 is 33.2 Å². The number of hydrogen-bond donors (Lipinski definition) is 1. The highest BCUT2D eigenvalue weighted by Crippen LogP contribution is 2.24. The summed E-state index contributed by atoms with van der Waals surface area (Å²) in [7, 11) is -3.75. The molecule has 3 rings (SSSR count). The summed E-state index contributed by atoms with van der Waals surface area (Å²) in [5.74, 6) is -0.275. The zero-order valence-electron chi connectivity index (χ0n) is 16.2. The number of sulfonamides is 1. The Hall–Kier alpha value is -3.09. The van der Waals surface area contributed by atoms with Gasteiger partial charge in [0, 0.05) is 17.1 Å². The Labute approximate surface area is 181 Å². The Balaban J connectivity index is 1.78. The summed E-state index contributed by atoms with van der Waals surface area (Å²) in [6.07, 6.45) is 1.52. The summed E-state index contributed by atoms with van der Waals surface area (Å²) in [4.78, 5) is 12.6. The van der Waals surface area contributed by atoms with Crippen molar-refractivity contribution in [3.05, 3.63) is 108 Å². The van der Waals surface area contributed by atoms with E-state index in [2.05, 4.69) is 11.9 Å². The fraction of sp³-hybridized carbons (Fsp3) is 0.0870. The summed E-state index contributed by atoms with van der Waals surface area (Å²) in [6, 6.07) is 21.9. The predicted octanol–water partition coefficient (Wildman–Crippen LogP) is 4.65. The molecule has 0 aliphatic heterocycles. The Morgan fingerprint density at radius 3 is 2.23 bits per heavy atom. The molecule has 154 valence electrons. The van der Waals surface area contributed by atoms with Gasteiger partial charge in [-0.05, 0) is 48.0 Å². The Morgan fingerprint density at radius 1 is 0.967 bits per heavy atom. The molecule has 0 unspecified atom stereocenters. The van der Waals surface area contributed by atoms with Gasteiger partial charge in [0.05, 0.1) is 17.1 Å². The van der Waals surface area contributed by atoms with Gasteiger partial charge in [-0.15, -0.1) is 6.58 Å². The Bertz CT molecular complexity index is 1130. The van der Waals surface area contributed by atoms with E-state index >= 15 is 0 Å². The molecular formula is C23H21ClN2O3S. The van der Waals surface area contributed by atoms with E-state index in [9.17, 15) is 13.2 Å². The molecule has 3 aromatic carbocycles. The molecule has 5 nitrogen and oxygen atoms in total. The average Bonchev–Trinajstić information content (AvgIpc) is 2.77. The molecule has 1 amide bonds. The van der Waals surface area contributed by atoms with Gasteiger partial charge in [-0.2, -0.15) is 0 Å². The van der Waals surface area contributed by atoms with Crippen molar-refractivity contribution in [1.82, 2.24) is 5.32 Å². The summed E-state index contributed by atoms with van der Waals surface area (Å²) in [5, 5.41) is 3.40. The summed E-state index contributed by atoms with van der Waals surface area (Å²) >= 11 is 6.11. The third-order valence-electron chi connectivity index (χ3n) is 4.44. The molecular weight excluding hydrogens is 420 g/mol. The van der Waals surface area contributed by atoms with E-state index < -0.39 is 10.0 Å². The highest BCUT2D eigenvalue weighted by molar-refractivity contribution is 7.92. The third-order valence-corrected chi connectivity index (χ3v) is 6.62. The van der Waals surface area contributed by atoms with Crippen LogP contribution < -0.4 is 9.62 Å². The second kappa shape index (κ2) is 9.61. The molecule has 0 saturated carbocycles. The average molecular weight is 441 g/mol. The number of nitrogens with zero attached hydrogens (tertiary/aromatic N) is 1. The van der Waals surface area contributed by atoms with Crippen LogP contribution in [0.5, 0.6) is 0 Å². The minimum Gasteiger partial charge on any atom is -0.348 e. The van der Waals surface area contributed by atoms with Crippen molar-refractivity contribution in [3.63, 3.8) is 0 Å². The zero-order chi connectivity index (χ0) is 21.6. The first kappa shape index (κ1) is 21.6. The zero-order valence-corrected chi connectivity index (χ0v) is 17.7. The van der Waals surface area contributed by atoms with Gasteiger partial charge >= 0.3 is 0 Å². The minimum absolute atomic E-state index is 0.106.